The molecule has 0 aromatic carbocycles. The zero-order chi connectivity index (χ0) is 10.2. The van der Waals surface area contributed by atoms with Gasteiger partial charge in [-0.25, -0.2) is 4.79 Å². The van der Waals surface area contributed by atoms with Crippen LogP contribution in [0.3, 0.4) is 0 Å². The third-order valence-corrected chi connectivity index (χ3v) is 2.59. The molecule has 1 atom stereocenters. The van der Waals surface area contributed by atoms with Gasteiger partial charge in [0.1, 0.15) is 5.60 Å². The van der Waals surface area contributed by atoms with E-state index >= 15 is 0 Å². The lowest BCUT2D eigenvalue weighted by Crippen LogP contribution is -2.20. The van der Waals surface area contributed by atoms with Crippen LogP contribution >= 0.6 is 0 Å². The molecule has 1 aliphatic rings. The molecule has 0 bridgehead atoms. The van der Waals surface area contributed by atoms with Gasteiger partial charge in [-0.3, -0.25) is 5.10 Å². The van der Waals surface area contributed by atoms with Crippen LogP contribution in [0.4, 0.5) is 0 Å². The van der Waals surface area contributed by atoms with Crippen LogP contribution in [-0.2, 0) is 10.3 Å². The first kappa shape index (κ1) is 9.21. The van der Waals surface area contributed by atoms with Gasteiger partial charge >= 0.3 is 5.97 Å². The normalized spacial score (nSPS) is 26.6. The molecule has 5 heteroatoms. The number of nitrogens with one attached hydrogen (secondary N) is 1. The van der Waals surface area contributed by atoms with E-state index in [1.807, 2.05) is 6.92 Å². The molecule has 1 fully saturated rings. The molecule has 1 saturated heterocycles. The Hall–Kier alpha value is -1.36. The van der Waals surface area contributed by atoms with Crippen LogP contribution in [0.1, 0.15) is 35.9 Å². The van der Waals surface area contributed by atoms with Gasteiger partial charge < -0.3 is 9.84 Å². The standard InChI is InChI=1S/C9H12N2O3/c1-9(3-2-4-14-9)7-5-6(8(12)13)10-11-7/h5H,2-4H2,1H3,(H,10,11)(H,12,13). The van der Waals surface area contributed by atoms with Crippen molar-refractivity contribution in [3.05, 3.63) is 17.5 Å². The Bertz CT molecular complexity index is 353. The summed E-state index contributed by atoms with van der Waals surface area (Å²) in [5.41, 5.74) is 0.393. The molecule has 5 nitrogen and oxygen atoms in total. The van der Waals surface area contributed by atoms with Crippen LogP contribution in [0.2, 0.25) is 0 Å². The van der Waals surface area contributed by atoms with Crippen LogP contribution in [0.5, 0.6) is 0 Å². The number of carbonyl (C=O) groups is 1. The lowest BCUT2D eigenvalue weighted by molar-refractivity contribution is 0.0132. The molecule has 0 saturated carbocycles. The second kappa shape index (κ2) is 3.09. The zero-order valence-corrected chi connectivity index (χ0v) is 7.91. The molecule has 1 unspecified atom stereocenters. The van der Waals surface area contributed by atoms with Crippen LogP contribution < -0.4 is 0 Å². The maximum absolute atomic E-state index is 10.6. The second-order valence-corrected chi connectivity index (χ2v) is 3.65. The van der Waals surface area contributed by atoms with E-state index in [0.717, 1.165) is 25.1 Å². The number of carboxylic acids is 1. The number of hydrogen-bond donors (Lipinski definition) is 2. The molecular weight excluding hydrogens is 184 g/mol. The summed E-state index contributed by atoms with van der Waals surface area (Å²) in [5.74, 6) is -1.02. The fourth-order valence-corrected chi connectivity index (χ4v) is 1.69. The number of ether oxygens (including phenoxy) is 1. The molecular formula is C9H12N2O3. The summed E-state index contributed by atoms with van der Waals surface area (Å²) in [6.07, 6.45) is 1.90. The lowest BCUT2D eigenvalue weighted by Gasteiger charge is -2.20. The van der Waals surface area contributed by atoms with E-state index < -0.39 is 5.97 Å². The quantitative estimate of drug-likeness (QED) is 0.743. The molecule has 0 aliphatic carbocycles. The zero-order valence-electron chi connectivity index (χ0n) is 7.91. The Morgan fingerprint density at radius 2 is 2.57 bits per heavy atom. The van der Waals surface area contributed by atoms with Crippen LogP contribution in [0.15, 0.2) is 6.07 Å². The number of aromatic amines is 1. The highest BCUT2D eigenvalue weighted by Gasteiger charge is 2.34. The highest BCUT2D eigenvalue weighted by molar-refractivity contribution is 5.85. The number of hydrogen-bond acceptors (Lipinski definition) is 3. The van der Waals surface area contributed by atoms with Crippen molar-refractivity contribution in [3.8, 4) is 0 Å². The van der Waals surface area contributed by atoms with Gasteiger partial charge in [0.15, 0.2) is 5.69 Å². The summed E-state index contributed by atoms with van der Waals surface area (Å²) >= 11 is 0. The number of aromatic nitrogens is 2. The summed E-state index contributed by atoms with van der Waals surface area (Å²) in [5, 5.41) is 15.1. The van der Waals surface area contributed by atoms with Gasteiger partial charge in [0, 0.05) is 6.61 Å². The Morgan fingerprint density at radius 3 is 3.07 bits per heavy atom. The number of aromatic carboxylic acids is 1. The number of carboxylic acid groups (broad SMARTS) is 1. The fourth-order valence-electron chi connectivity index (χ4n) is 1.69. The smallest absolute Gasteiger partial charge is 0.356 e. The van der Waals surface area contributed by atoms with Gasteiger partial charge in [-0.1, -0.05) is 0 Å². The largest absolute Gasteiger partial charge is 0.476 e. The summed E-state index contributed by atoms with van der Waals surface area (Å²) in [4.78, 5) is 10.6. The fraction of sp³-hybridized carbons (Fsp3) is 0.556. The Balaban J connectivity index is 2.28. The van der Waals surface area contributed by atoms with Crippen molar-refractivity contribution >= 4 is 5.97 Å². The van der Waals surface area contributed by atoms with Crippen molar-refractivity contribution in [2.75, 3.05) is 6.61 Å². The number of H-pyrrole nitrogens is 1. The molecule has 0 amide bonds. The van der Waals surface area contributed by atoms with E-state index in [9.17, 15) is 4.79 Å². The third-order valence-electron chi connectivity index (χ3n) is 2.59. The second-order valence-electron chi connectivity index (χ2n) is 3.65. The van der Waals surface area contributed by atoms with Crippen molar-refractivity contribution in [1.82, 2.24) is 10.2 Å². The molecule has 0 radical (unpaired) electrons. The van der Waals surface area contributed by atoms with Crippen LogP contribution in [0, 0.1) is 0 Å². The van der Waals surface area contributed by atoms with Crippen molar-refractivity contribution in [2.45, 2.75) is 25.4 Å². The number of nitrogens with zero attached hydrogens (tertiary/aromatic N) is 1. The minimum atomic E-state index is -1.02. The van der Waals surface area contributed by atoms with E-state index in [4.69, 9.17) is 9.84 Å². The van der Waals surface area contributed by atoms with E-state index in [1.54, 1.807) is 0 Å². The lowest BCUT2D eigenvalue weighted by atomic mass is 9.98. The molecule has 2 rings (SSSR count). The summed E-state index contributed by atoms with van der Waals surface area (Å²) < 4.78 is 5.56. The van der Waals surface area contributed by atoms with Crippen molar-refractivity contribution in [3.63, 3.8) is 0 Å². The van der Waals surface area contributed by atoms with E-state index in [-0.39, 0.29) is 11.3 Å². The first-order valence-electron chi connectivity index (χ1n) is 4.55. The average molecular weight is 196 g/mol. The monoisotopic (exact) mass is 196 g/mol. The Kier molecular flexibility index (Phi) is 2.03. The van der Waals surface area contributed by atoms with E-state index in [2.05, 4.69) is 10.2 Å². The minimum Gasteiger partial charge on any atom is -0.476 e. The average Bonchev–Trinajstić information content (AvgIpc) is 2.71. The van der Waals surface area contributed by atoms with Crippen LogP contribution in [0.25, 0.3) is 0 Å². The molecule has 1 aromatic rings. The number of rotatable bonds is 2. The highest BCUT2D eigenvalue weighted by Crippen LogP contribution is 2.34. The van der Waals surface area contributed by atoms with Gasteiger partial charge in [-0.2, -0.15) is 5.10 Å². The van der Waals surface area contributed by atoms with Crippen molar-refractivity contribution < 1.29 is 14.6 Å². The Morgan fingerprint density at radius 1 is 1.79 bits per heavy atom. The SMILES string of the molecule is CC1(c2cc(C(=O)O)n[nH]2)CCCO1. The first-order valence-corrected chi connectivity index (χ1v) is 4.55. The summed E-state index contributed by atoms with van der Waals surface area (Å²) in [6, 6.07) is 1.54. The predicted octanol–water partition coefficient (Wildman–Crippen LogP) is 1.13. The molecule has 0 spiro atoms. The van der Waals surface area contributed by atoms with Crippen molar-refractivity contribution in [1.29, 1.82) is 0 Å². The van der Waals surface area contributed by atoms with Crippen molar-refractivity contribution in [2.24, 2.45) is 0 Å². The highest BCUT2D eigenvalue weighted by atomic mass is 16.5. The van der Waals surface area contributed by atoms with Gasteiger partial charge in [0.25, 0.3) is 0 Å². The Labute approximate surface area is 81.1 Å². The maximum atomic E-state index is 10.6. The minimum absolute atomic E-state index is 0.0386. The van der Waals surface area contributed by atoms with Gasteiger partial charge in [0.2, 0.25) is 0 Å². The summed E-state index contributed by atoms with van der Waals surface area (Å²) in [6.45, 7) is 2.66. The maximum Gasteiger partial charge on any atom is 0.356 e. The van der Waals surface area contributed by atoms with Gasteiger partial charge in [-0.15, -0.1) is 0 Å². The van der Waals surface area contributed by atoms with E-state index in [1.165, 1.54) is 6.07 Å². The predicted molar refractivity (Wildman–Crippen MR) is 48.1 cm³/mol. The van der Waals surface area contributed by atoms with E-state index in [0.29, 0.717) is 0 Å². The molecule has 1 aromatic heterocycles. The molecule has 1 aliphatic heterocycles. The molecule has 2 N–H and O–H groups in total. The topological polar surface area (TPSA) is 75.2 Å². The first-order chi connectivity index (χ1) is 6.62. The van der Waals surface area contributed by atoms with Crippen LogP contribution in [-0.4, -0.2) is 27.9 Å². The van der Waals surface area contributed by atoms with Gasteiger partial charge in [0.05, 0.1) is 5.69 Å². The molecule has 76 valence electrons. The van der Waals surface area contributed by atoms with Gasteiger partial charge in [-0.05, 0) is 25.8 Å². The third kappa shape index (κ3) is 1.39. The molecule has 2 heterocycles. The molecule has 14 heavy (non-hydrogen) atoms. The summed E-state index contributed by atoms with van der Waals surface area (Å²) in [7, 11) is 0.